The average molecular weight is 387 g/mol. The standard InChI is InChI=1S/C19H21N3O4S/c1-4-14-17(11(3)26-22-14)19(24)25-9-16(23)21-18-13(8-20)12-6-5-10(2)7-15(12)27-18/h10H,4-7,9H2,1-3H3,(H,21,23)/t10-/m1/s1. The van der Waals surface area contributed by atoms with Crippen LogP contribution in [-0.4, -0.2) is 23.6 Å². The molecule has 8 heteroatoms. The fourth-order valence-electron chi connectivity index (χ4n) is 3.24. The van der Waals surface area contributed by atoms with Crippen molar-refractivity contribution in [3.63, 3.8) is 0 Å². The second-order valence-electron chi connectivity index (χ2n) is 6.71. The van der Waals surface area contributed by atoms with Gasteiger partial charge in [-0.05, 0) is 44.1 Å². The molecule has 0 saturated carbocycles. The Hall–Kier alpha value is -2.66. The minimum atomic E-state index is -0.638. The predicted octanol–water partition coefficient (Wildman–Crippen LogP) is 3.40. The molecule has 2 heterocycles. The Labute approximate surface area is 161 Å². The number of nitrogens with zero attached hydrogens (tertiary/aromatic N) is 2. The molecule has 1 aliphatic carbocycles. The van der Waals surface area contributed by atoms with E-state index in [4.69, 9.17) is 9.26 Å². The fourth-order valence-corrected chi connectivity index (χ4v) is 4.62. The van der Waals surface area contributed by atoms with Crippen LogP contribution in [0.25, 0.3) is 0 Å². The Balaban J connectivity index is 1.66. The Morgan fingerprint density at radius 2 is 2.26 bits per heavy atom. The van der Waals surface area contributed by atoms with Gasteiger partial charge in [0.05, 0.1) is 11.3 Å². The van der Waals surface area contributed by atoms with Gasteiger partial charge in [0.1, 0.15) is 22.4 Å². The normalized spacial score (nSPS) is 15.7. The lowest BCUT2D eigenvalue weighted by atomic mass is 9.89. The molecule has 1 amide bonds. The number of amides is 1. The van der Waals surface area contributed by atoms with Crippen molar-refractivity contribution in [1.82, 2.24) is 5.16 Å². The van der Waals surface area contributed by atoms with Crippen LogP contribution in [0.15, 0.2) is 4.52 Å². The van der Waals surface area contributed by atoms with E-state index in [2.05, 4.69) is 23.5 Å². The number of nitriles is 1. The molecule has 1 atom stereocenters. The summed E-state index contributed by atoms with van der Waals surface area (Å²) in [5, 5.41) is 16.5. The summed E-state index contributed by atoms with van der Waals surface area (Å²) < 4.78 is 10.1. The number of esters is 1. The Bertz CT molecular complexity index is 922. The van der Waals surface area contributed by atoms with Gasteiger partial charge in [-0.15, -0.1) is 11.3 Å². The zero-order chi connectivity index (χ0) is 19.6. The van der Waals surface area contributed by atoms with E-state index in [0.29, 0.717) is 34.4 Å². The molecular weight excluding hydrogens is 366 g/mol. The van der Waals surface area contributed by atoms with Gasteiger partial charge in [0.2, 0.25) is 0 Å². The van der Waals surface area contributed by atoms with Gasteiger partial charge in [-0.3, -0.25) is 4.79 Å². The number of hydrogen-bond acceptors (Lipinski definition) is 7. The van der Waals surface area contributed by atoms with Crippen molar-refractivity contribution < 1.29 is 18.8 Å². The summed E-state index contributed by atoms with van der Waals surface area (Å²) in [5.74, 6) is -0.171. The van der Waals surface area contributed by atoms with Gasteiger partial charge in [0, 0.05) is 4.88 Å². The van der Waals surface area contributed by atoms with E-state index in [1.807, 2.05) is 6.92 Å². The van der Waals surface area contributed by atoms with Gasteiger partial charge in [0.15, 0.2) is 6.61 Å². The maximum absolute atomic E-state index is 12.2. The highest BCUT2D eigenvalue weighted by Crippen LogP contribution is 2.39. The molecule has 142 valence electrons. The molecule has 0 aliphatic heterocycles. The molecule has 0 spiro atoms. The van der Waals surface area contributed by atoms with Crippen molar-refractivity contribution in [3.05, 3.63) is 33.0 Å². The average Bonchev–Trinajstić information content (AvgIpc) is 3.18. The molecular formula is C19H21N3O4S. The van der Waals surface area contributed by atoms with E-state index >= 15 is 0 Å². The minimum absolute atomic E-state index is 0.267. The van der Waals surface area contributed by atoms with Gasteiger partial charge < -0.3 is 14.6 Å². The first-order valence-electron chi connectivity index (χ1n) is 8.91. The lowest BCUT2D eigenvalue weighted by Crippen LogP contribution is -2.21. The van der Waals surface area contributed by atoms with Crippen LogP contribution in [0, 0.1) is 24.2 Å². The molecule has 0 radical (unpaired) electrons. The number of hydrogen-bond donors (Lipinski definition) is 1. The third-order valence-electron chi connectivity index (χ3n) is 4.68. The molecule has 27 heavy (non-hydrogen) atoms. The lowest BCUT2D eigenvalue weighted by molar-refractivity contribution is -0.119. The highest BCUT2D eigenvalue weighted by atomic mass is 32.1. The predicted molar refractivity (Wildman–Crippen MR) is 99.8 cm³/mol. The number of thiophene rings is 1. The SMILES string of the molecule is CCc1noc(C)c1C(=O)OCC(=O)Nc1sc2c(c1C#N)CC[C@@H](C)C2. The largest absolute Gasteiger partial charge is 0.452 e. The molecule has 1 N–H and O–H groups in total. The number of carbonyl (C=O) groups excluding carboxylic acids is 2. The number of rotatable bonds is 5. The summed E-state index contributed by atoms with van der Waals surface area (Å²) >= 11 is 1.44. The summed E-state index contributed by atoms with van der Waals surface area (Å²) in [6.07, 6.45) is 3.35. The van der Waals surface area contributed by atoms with Gasteiger partial charge in [-0.2, -0.15) is 5.26 Å². The van der Waals surface area contributed by atoms with E-state index in [1.165, 1.54) is 11.3 Å². The smallest absolute Gasteiger partial charge is 0.344 e. The molecule has 0 saturated heterocycles. The third kappa shape index (κ3) is 3.88. The molecule has 2 aromatic rings. The molecule has 0 aromatic carbocycles. The van der Waals surface area contributed by atoms with Crippen molar-refractivity contribution in [3.8, 4) is 6.07 Å². The quantitative estimate of drug-likeness (QED) is 0.788. The molecule has 1 aliphatic rings. The Morgan fingerprint density at radius 1 is 1.48 bits per heavy atom. The van der Waals surface area contributed by atoms with E-state index in [1.54, 1.807) is 6.92 Å². The number of nitrogens with one attached hydrogen (secondary N) is 1. The molecule has 0 unspecified atom stereocenters. The summed E-state index contributed by atoms with van der Waals surface area (Å²) in [5.41, 5.74) is 2.35. The number of aromatic nitrogens is 1. The van der Waals surface area contributed by atoms with E-state index < -0.39 is 18.5 Å². The van der Waals surface area contributed by atoms with Crippen LogP contribution in [-0.2, 0) is 28.8 Å². The monoisotopic (exact) mass is 387 g/mol. The number of carbonyl (C=O) groups is 2. The van der Waals surface area contributed by atoms with Gasteiger partial charge in [-0.1, -0.05) is 19.0 Å². The molecule has 0 fully saturated rings. The number of anilines is 1. The van der Waals surface area contributed by atoms with Gasteiger partial charge in [-0.25, -0.2) is 4.79 Å². The zero-order valence-corrected chi connectivity index (χ0v) is 16.4. The van der Waals surface area contributed by atoms with Gasteiger partial charge in [0.25, 0.3) is 5.91 Å². The summed E-state index contributed by atoms with van der Waals surface area (Å²) in [6.45, 7) is 5.23. The molecule has 0 bridgehead atoms. The van der Waals surface area contributed by atoms with E-state index in [9.17, 15) is 14.9 Å². The number of ether oxygens (including phenoxy) is 1. The maximum Gasteiger partial charge on any atom is 0.344 e. The van der Waals surface area contributed by atoms with Crippen LogP contribution in [0.5, 0.6) is 0 Å². The summed E-state index contributed by atoms with van der Waals surface area (Å²) in [7, 11) is 0. The third-order valence-corrected chi connectivity index (χ3v) is 5.85. The highest BCUT2D eigenvalue weighted by Gasteiger charge is 2.25. The number of aryl methyl sites for hydroxylation is 2. The van der Waals surface area contributed by atoms with E-state index in [-0.39, 0.29) is 5.56 Å². The summed E-state index contributed by atoms with van der Waals surface area (Å²) in [4.78, 5) is 25.6. The molecule has 7 nitrogen and oxygen atoms in total. The van der Waals surface area contributed by atoms with Gasteiger partial charge >= 0.3 is 5.97 Å². The van der Waals surface area contributed by atoms with Crippen molar-refractivity contribution >= 4 is 28.2 Å². The van der Waals surface area contributed by atoms with E-state index in [0.717, 1.165) is 29.7 Å². The minimum Gasteiger partial charge on any atom is -0.452 e. The maximum atomic E-state index is 12.2. The Morgan fingerprint density at radius 3 is 2.96 bits per heavy atom. The first kappa shape index (κ1) is 19.1. The Kier molecular flexibility index (Phi) is 5.61. The van der Waals surface area contributed by atoms with Crippen molar-refractivity contribution in [2.75, 3.05) is 11.9 Å². The van der Waals surface area contributed by atoms with Crippen molar-refractivity contribution in [2.45, 2.75) is 46.5 Å². The zero-order valence-electron chi connectivity index (χ0n) is 15.5. The topological polar surface area (TPSA) is 105 Å². The fraction of sp³-hybridized carbons (Fsp3) is 0.474. The lowest BCUT2D eigenvalue weighted by Gasteiger charge is -2.17. The van der Waals surface area contributed by atoms with Crippen LogP contribution in [0.1, 0.15) is 58.1 Å². The highest BCUT2D eigenvalue weighted by molar-refractivity contribution is 7.16. The first-order chi connectivity index (χ1) is 12.9. The van der Waals surface area contributed by atoms with Crippen molar-refractivity contribution in [1.29, 1.82) is 5.26 Å². The van der Waals surface area contributed by atoms with Crippen LogP contribution in [0.2, 0.25) is 0 Å². The first-order valence-corrected chi connectivity index (χ1v) is 9.72. The molecule has 2 aromatic heterocycles. The number of fused-ring (bicyclic) bond motifs is 1. The second kappa shape index (κ2) is 7.92. The van der Waals surface area contributed by atoms with Crippen molar-refractivity contribution in [2.24, 2.45) is 5.92 Å². The van der Waals surface area contributed by atoms with Crippen LogP contribution < -0.4 is 5.32 Å². The molecule has 3 rings (SSSR count). The van der Waals surface area contributed by atoms with Crippen LogP contribution in [0.4, 0.5) is 5.00 Å². The van der Waals surface area contributed by atoms with Crippen LogP contribution in [0.3, 0.4) is 0 Å². The second-order valence-corrected chi connectivity index (χ2v) is 7.81. The summed E-state index contributed by atoms with van der Waals surface area (Å²) in [6, 6.07) is 2.20. The van der Waals surface area contributed by atoms with Crippen LogP contribution >= 0.6 is 11.3 Å².